The van der Waals surface area contributed by atoms with Crippen molar-refractivity contribution in [3.05, 3.63) is 59.7 Å². The molecule has 43 heavy (non-hydrogen) atoms. The number of methoxy groups -OCH3 is 2. The van der Waals surface area contributed by atoms with Gasteiger partial charge in [-0.05, 0) is 58.4 Å². The molecule has 2 atom stereocenters. The topological polar surface area (TPSA) is 107 Å². The van der Waals surface area contributed by atoms with Crippen LogP contribution in [0.2, 0.25) is 0 Å². The van der Waals surface area contributed by atoms with E-state index in [-0.39, 0.29) is 36.9 Å². The van der Waals surface area contributed by atoms with Crippen molar-refractivity contribution in [2.24, 2.45) is 11.8 Å². The van der Waals surface area contributed by atoms with Gasteiger partial charge in [0, 0.05) is 63.8 Å². The molecule has 0 unspecified atom stereocenters. The Balaban J connectivity index is 1.81. The van der Waals surface area contributed by atoms with Gasteiger partial charge in [-0.1, -0.05) is 30.3 Å². The molecular weight excluding hydrogens is 550 g/mol. The van der Waals surface area contributed by atoms with Gasteiger partial charge in [-0.3, -0.25) is 9.59 Å². The maximum Gasteiger partial charge on any atom is 0.410 e. The normalized spacial score (nSPS) is 16.6. The third-order valence-electron chi connectivity index (χ3n) is 7.22. The molecule has 3 amide bonds. The van der Waals surface area contributed by atoms with Gasteiger partial charge < -0.3 is 34.1 Å². The number of amides is 3. The van der Waals surface area contributed by atoms with Gasteiger partial charge in [-0.2, -0.15) is 0 Å². The maximum atomic E-state index is 13.9. The first-order chi connectivity index (χ1) is 20.4. The van der Waals surface area contributed by atoms with Crippen molar-refractivity contribution in [1.29, 1.82) is 0 Å². The third-order valence-corrected chi connectivity index (χ3v) is 7.22. The quantitative estimate of drug-likeness (QED) is 0.332. The molecule has 1 saturated heterocycles. The summed E-state index contributed by atoms with van der Waals surface area (Å²) in [4.78, 5) is 43.7. The van der Waals surface area contributed by atoms with Crippen LogP contribution in [0, 0.1) is 11.8 Å². The van der Waals surface area contributed by atoms with Crippen LogP contribution < -0.4 is 14.8 Å². The lowest BCUT2D eigenvalue weighted by Crippen LogP contribution is -2.44. The zero-order valence-electron chi connectivity index (χ0n) is 26.6. The van der Waals surface area contributed by atoms with E-state index in [1.54, 1.807) is 42.2 Å². The predicted molar refractivity (Wildman–Crippen MR) is 164 cm³/mol. The minimum absolute atomic E-state index is 0.160. The van der Waals surface area contributed by atoms with Crippen LogP contribution in [0.15, 0.2) is 48.5 Å². The van der Waals surface area contributed by atoms with Crippen molar-refractivity contribution in [2.45, 2.75) is 59.2 Å². The van der Waals surface area contributed by atoms with Gasteiger partial charge in [-0.15, -0.1) is 0 Å². The fraction of sp³-hybridized carbons (Fsp3) is 0.545. The standard InChI is InChI=1S/C33H47N3O7/c1-23(2)36(31(38)25-14-15-28(41-7)29(18-25)42-17-11-16-40-6)21-26-20-35(32(39)43-33(3,4)5)22-27(26)30(37)34-19-24-12-9-8-10-13-24/h8-10,12-15,18,23,26-27H,11,16-17,19-22H2,1-7H3,(H,34,37)/t26-,27-/m1/s1. The maximum absolute atomic E-state index is 13.9. The Labute approximate surface area is 255 Å². The summed E-state index contributed by atoms with van der Waals surface area (Å²) in [7, 11) is 3.19. The molecule has 2 aromatic rings. The van der Waals surface area contributed by atoms with E-state index in [1.165, 1.54) is 0 Å². The summed E-state index contributed by atoms with van der Waals surface area (Å²) in [6.07, 6.45) is 0.225. The lowest BCUT2D eigenvalue weighted by atomic mass is 9.93. The summed E-state index contributed by atoms with van der Waals surface area (Å²) in [6.45, 7) is 11.5. The molecule has 1 heterocycles. The molecule has 1 N–H and O–H groups in total. The molecule has 10 nitrogen and oxygen atoms in total. The van der Waals surface area contributed by atoms with Crippen molar-refractivity contribution >= 4 is 17.9 Å². The van der Waals surface area contributed by atoms with Gasteiger partial charge >= 0.3 is 6.09 Å². The minimum atomic E-state index is -0.669. The van der Waals surface area contributed by atoms with E-state index in [0.29, 0.717) is 49.8 Å². The first kappa shape index (κ1) is 33.7. The Bertz CT molecular complexity index is 1210. The second-order valence-corrected chi connectivity index (χ2v) is 12.1. The van der Waals surface area contributed by atoms with E-state index < -0.39 is 17.6 Å². The van der Waals surface area contributed by atoms with E-state index >= 15 is 0 Å². The number of benzene rings is 2. The minimum Gasteiger partial charge on any atom is -0.493 e. The predicted octanol–water partition coefficient (Wildman–Crippen LogP) is 4.76. The molecule has 2 aromatic carbocycles. The highest BCUT2D eigenvalue weighted by Crippen LogP contribution is 2.31. The summed E-state index contributed by atoms with van der Waals surface area (Å²) in [5.41, 5.74) is 0.758. The van der Waals surface area contributed by atoms with Crippen LogP contribution in [0.25, 0.3) is 0 Å². The third kappa shape index (κ3) is 9.88. The Morgan fingerprint density at radius 3 is 2.35 bits per heavy atom. The van der Waals surface area contributed by atoms with E-state index in [1.807, 2.05) is 65.0 Å². The van der Waals surface area contributed by atoms with E-state index in [2.05, 4.69) is 5.32 Å². The zero-order chi connectivity index (χ0) is 31.6. The summed E-state index contributed by atoms with van der Waals surface area (Å²) in [6, 6.07) is 14.6. The molecule has 10 heteroatoms. The number of hydrogen-bond acceptors (Lipinski definition) is 7. The number of ether oxygens (including phenoxy) is 4. The van der Waals surface area contributed by atoms with Crippen LogP contribution >= 0.6 is 0 Å². The van der Waals surface area contributed by atoms with Crippen LogP contribution in [-0.4, -0.2) is 86.4 Å². The molecular formula is C33H47N3O7. The molecule has 0 aromatic heterocycles. The molecule has 0 saturated carbocycles. The van der Waals surface area contributed by atoms with Crippen molar-refractivity contribution < 1.29 is 33.3 Å². The number of hydrogen-bond donors (Lipinski definition) is 1. The fourth-order valence-electron chi connectivity index (χ4n) is 5.00. The molecule has 1 aliphatic rings. The molecule has 0 spiro atoms. The highest BCUT2D eigenvalue weighted by Gasteiger charge is 2.42. The molecule has 1 aliphatic heterocycles. The molecule has 0 bridgehead atoms. The molecule has 3 rings (SSSR count). The van der Waals surface area contributed by atoms with Crippen LogP contribution in [-0.2, 0) is 20.8 Å². The summed E-state index contributed by atoms with van der Waals surface area (Å²) >= 11 is 0. The van der Waals surface area contributed by atoms with Crippen LogP contribution in [0.3, 0.4) is 0 Å². The Kier molecular flexibility index (Phi) is 12.2. The number of carbonyl (C=O) groups excluding carboxylic acids is 3. The number of nitrogens with zero attached hydrogens (tertiary/aromatic N) is 2. The van der Waals surface area contributed by atoms with Crippen molar-refractivity contribution in [1.82, 2.24) is 15.1 Å². The Hall–Kier alpha value is -3.79. The van der Waals surface area contributed by atoms with Crippen LogP contribution in [0.5, 0.6) is 11.5 Å². The van der Waals surface area contributed by atoms with Gasteiger partial charge in [0.05, 0.1) is 19.6 Å². The first-order valence-electron chi connectivity index (χ1n) is 14.8. The summed E-state index contributed by atoms with van der Waals surface area (Å²) < 4.78 is 22.1. The second kappa shape index (κ2) is 15.6. The SMILES string of the molecule is COCCCOc1cc(C(=O)N(C[C@H]2CN(C(=O)OC(C)(C)C)C[C@H]2C(=O)NCc2ccccc2)C(C)C)ccc1OC. The number of carbonyl (C=O) groups is 3. The van der Waals surface area contributed by atoms with E-state index in [9.17, 15) is 14.4 Å². The number of nitrogens with one attached hydrogen (secondary N) is 1. The van der Waals surface area contributed by atoms with E-state index in [0.717, 1.165) is 5.56 Å². The molecule has 236 valence electrons. The van der Waals surface area contributed by atoms with Crippen molar-refractivity contribution in [2.75, 3.05) is 47.1 Å². The Morgan fingerprint density at radius 1 is 1.00 bits per heavy atom. The average Bonchev–Trinajstić information content (AvgIpc) is 3.40. The Morgan fingerprint density at radius 2 is 1.72 bits per heavy atom. The molecule has 1 fully saturated rings. The van der Waals surface area contributed by atoms with Crippen molar-refractivity contribution in [3.8, 4) is 11.5 Å². The lowest BCUT2D eigenvalue weighted by molar-refractivity contribution is -0.126. The van der Waals surface area contributed by atoms with Gasteiger partial charge in [0.1, 0.15) is 5.60 Å². The smallest absolute Gasteiger partial charge is 0.410 e. The lowest BCUT2D eigenvalue weighted by Gasteiger charge is -2.31. The summed E-state index contributed by atoms with van der Waals surface area (Å²) in [5, 5.41) is 3.03. The highest BCUT2D eigenvalue weighted by molar-refractivity contribution is 5.95. The number of likely N-dealkylation sites (tertiary alicyclic amines) is 1. The van der Waals surface area contributed by atoms with Gasteiger partial charge in [0.15, 0.2) is 11.5 Å². The molecule has 0 aliphatic carbocycles. The zero-order valence-corrected chi connectivity index (χ0v) is 26.6. The van der Waals surface area contributed by atoms with Gasteiger partial charge in [0.2, 0.25) is 5.91 Å². The largest absolute Gasteiger partial charge is 0.493 e. The first-order valence-corrected chi connectivity index (χ1v) is 14.8. The van der Waals surface area contributed by atoms with Gasteiger partial charge in [-0.25, -0.2) is 4.79 Å². The monoisotopic (exact) mass is 597 g/mol. The fourth-order valence-corrected chi connectivity index (χ4v) is 5.00. The summed E-state index contributed by atoms with van der Waals surface area (Å²) in [5.74, 6) is -0.156. The second-order valence-electron chi connectivity index (χ2n) is 12.1. The average molecular weight is 598 g/mol. The van der Waals surface area contributed by atoms with Crippen LogP contribution in [0.1, 0.15) is 57.0 Å². The molecule has 0 radical (unpaired) electrons. The number of rotatable bonds is 13. The van der Waals surface area contributed by atoms with E-state index in [4.69, 9.17) is 18.9 Å². The highest BCUT2D eigenvalue weighted by atomic mass is 16.6. The van der Waals surface area contributed by atoms with Crippen molar-refractivity contribution in [3.63, 3.8) is 0 Å². The van der Waals surface area contributed by atoms with Crippen LogP contribution in [0.4, 0.5) is 4.79 Å². The van der Waals surface area contributed by atoms with Gasteiger partial charge in [0.25, 0.3) is 5.91 Å².